The minimum atomic E-state index is -0.294. The van der Waals surface area contributed by atoms with E-state index in [1.807, 2.05) is 6.92 Å². The Bertz CT molecular complexity index is 344. The molecule has 15 heavy (non-hydrogen) atoms. The highest BCUT2D eigenvalue weighted by molar-refractivity contribution is 6.32. The largest absolute Gasteiger partial charge is 0.495 e. The molecular weight excluding hydrogens is 217 g/mol. The molecule has 0 bridgehead atoms. The summed E-state index contributed by atoms with van der Waals surface area (Å²) in [4.78, 5) is 0. The van der Waals surface area contributed by atoms with E-state index in [-0.39, 0.29) is 11.7 Å². The van der Waals surface area contributed by atoms with Crippen LogP contribution in [0.2, 0.25) is 5.02 Å². The van der Waals surface area contributed by atoms with E-state index in [0.29, 0.717) is 29.3 Å². The van der Waals surface area contributed by atoms with Crippen molar-refractivity contribution in [2.24, 2.45) is 5.73 Å². The van der Waals surface area contributed by atoms with Gasteiger partial charge in [0.2, 0.25) is 0 Å². The Kier molecular flexibility index (Phi) is 4.36. The van der Waals surface area contributed by atoms with E-state index < -0.39 is 0 Å². The molecule has 1 aromatic rings. The molecule has 0 spiro atoms. The standard InChI is InChI=1S/C11H15ClFNO/c1-7(5-6-14)10-9(13)4-3-8(12)11(10)15-2/h3-4,7H,5-6,14H2,1-2H3. The number of hydrogen-bond donors (Lipinski definition) is 1. The number of hydrogen-bond acceptors (Lipinski definition) is 2. The summed E-state index contributed by atoms with van der Waals surface area (Å²) in [6.45, 7) is 2.42. The van der Waals surface area contributed by atoms with Gasteiger partial charge in [-0.15, -0.1) is 0 Å². The maximum Gasteiger partial charge on any atom is 0.143 e. The average molecular weight is 232 g/mol. The van der Waals surface area contributed by atoms with Gasteiger partial charge in [-0.05, 0) is 31.0 Å². The number of rotatable bonds is 4. The molecule has 2 N–H and O–H groups in total. The van der Waals surface area contributed by atoms with Crippen molar-refractivity contribution in [3.05, 3.63) is 28.5 Å². The van der Waals surface area contributed by atoms with Crippen LogP contribution < -0.4 is 10.5 Å². The van der Waals surface area contributed by atoms with E-state index in [1.54, 1.807) is 0 Å². The average Bonchev–Trinajstić information content (AvgIpc) is 2.21. The van der Waals surface area contributed by atoms with Gasteiger partial charge in [0, 0.05) is 5.56 Å². The Morgan fingerprint density at radius 3 is 2.73 bits per heavy atom. The Labute approximate surface area is 94.2 Å². The molecule has 0 fully saturated rings. The molecule has 0 saturated heterocycles. The van der Waals surface area contributed by atoms with E-state index in [2.05, 4.69) is 0 Å². The summed E-state index contributed by atoms with van der Waals surface area (Å²) in [5.41, 5.74) is 5.96. The van der Waals surface area contributed by atoms with Crippen molar-refractivity contribution in [3.8, 4) is 5.75 Å². The fourth-order valence-electron chi connectivity index (χ4n) is 1.61. The lowest BCUT2D eigenvalue weighted by Crippen LogP contribution is -2.08. The van der Waals surface area contributed by atoms with E-state index >= 15 is 0 Å². The number of nitrogens with two attached hydrogens (primary N) is 1. The van der Waals surface area contributed by atoms with Crippen LogP contribution in [0, 0.1) is 5.82 Å². The van der Waals surface area contributed by atoms with Crippen LogP contribution in [-0.2, 0) is 0 Å². The van der Waals surface area contributed by atoms with Crippen molar-refractivity contribution >= 4 is 11.6 Å². The second-order valence-corrected chi connectivity index (χ2v) is 3.86. The van der Waals surface area contributed by atoms with E-state index in [1.165, 1.54) is 19.2 Å². The van der Waals surface area contributed by atoms with Gasteiger partial charge in [0.1, 0.15) is 11.6 Å². The molecule has 0 radical (unpaired) electrons. The van der Waals surface area contributed by atoms with Gasteiger partial charge in [0.25, 0.3) is 0 Å². The van der Waals surface area contributed by atoms with Gasteiger partial charge >= 0.3 is 0 Å². The predicted octanol–water partition coefficient (Wildman–Crippen LogP) is 2.94. The third kappa shape index (κ3) is 2.61. The van der Waals surface area contributed by atoms with Crippen molar-refractivity contribution in [1.29, 1.82) is 0 Å². The molecule has 84 valence electrons. The summed E-state index contributed by atoms with van der Waals surface area (Å²) in [6, 6.07) is 2.85. The summed E-state index contributed by atoms with van der Waals surface area (Å²) in [5, 5.41) is 0.428. The van der Waals surface area contributed by atoms with Crippen molar-refractivity contribution in [3.63, 3.8) is 0 Å². The Hall–Kier alpha value is -0.800. The van der Waals surface area contributed by atoms with Gasteiger partial charge in [-0.1, -0.05) is 18.5 Å². The topological polar surface area (TPSA) is 35.2 Å². The molecule has 0 aliphatic heterocycles. The normalized spacial score (nSPS) is 12.6. The first kappa shape index (κ1) is 12.3. The second-order valence-electron chi connectivity index (χ2n) is 3.45. The molecule has 0 amide bonds. The second kappa shape index (κ2) is 5.33. The van der Waals surface area contributed by atoms with Gasteiger partial charge in [-0.2, -0.15) is 0 Å². The van der Waals surface area contributed by atoms with Crippen LogP contribution >= 0.6 is 11.6 Å². The van der Waals surface area contributed by atoms with Crippen LogP contribution in [0.3, 0.4) is 0 Å². The first-order valence-electron chi connectivity index (χ1n) is 4.83. The zero-order valence-corrected chi connectivity index (χ0v) is 9.64. The maximum absolute atomic E-state index is 13.6. The van der Waals surface area contributed by atoms with Crippen LogP contribution in [0.5, 0.6) is 5.75 Å². The lowest BCUT2D eigenvalue weighted by atomic mass is 9.96. The lowest BCUT2D eigenvalue weighted by molar-refractivity contribution is 0.399. The minimum absolute atomic E-state index is 0.00338. The monoisotopic (exact) mass is 231 g/mol. The molecule has 0 aliphatic carbocycles. The molecular formula is C11H15ClFNO. The zero-order chi connectivity index (χ0) is 11.4. The number of ether oxygens (including phenoxy) is 1. The first-order valence-corrected chi connectivity index (χ1v) is 5.21. The van der Waals surface area contributed by atoms with Crippen LogP contribution in [0.25, 0.3) is 0 Å². The number of benzene rings is 1. The molecule has 0 aromatic heterocycles. The Morgan fingerprint density at radius 1 is 1.53 bits per heavy atom. The van der Waals surface area contributed by atoms with E-state index in [9.17, 15) is 4.39 Å². The van der Waals surface area contributed by atoms with Gasteiger partial charge in [-0.25, -0.2) is 4.39 Å². The number of halogens is 2. The van der Waals surface area contributed by atoms with Gasteiger partial charge in [-0.3, -0.25) is 0 Å². The van der Waals surface area contributed by atoms with Crippen LogP contribution in [0.4, 0.5) is 4.39 Å². The molecule has 1 aromatic carbocycles. The Morgan fingerprint density at radius 2 is 2.20 bits per heavy atom. The molecule has 1 unspecified atom stereocenters. The van der Waals surface area contributed by atoms with Crippen molar-refractivity contribution in [2.75, 3.05) is 13.7 Å². The third-order valence-electron chi connectivity index (χ3n) is 2.39. The number of methoxy groups -OCH3 is 1. The highest BCUT2D eigenvalue weighted by atomic mass is 35.5. The van der Waals surface area contributed by atoms with E-state index in [4.69, 9.17) is 22.1 Å². The molecule has 2 nitrogen and oxygen atoms in total. The lowest BCUT2D eigenvalue weighted by Gasteiger charge is -2.16. The van der Waals surface area contributed by atoms with Gasteiger partial charge in [0.05, 0.1) is 12.1 Å². The Balaban J connectivity index is 3.18. The smallest absolute Gasteiger partial charge is 0.143 e. The summed E-state index contributed by atoms with van der Waals surface area (Å²) in [6.07, 6.45) is 0.702. The molecule has 0 aliphatic rings. The fourth-order valence-corrected chi connectivity index (χ4v) is 1.85. The quantitative estimate of drug-likeness (QED) is 0.865. The van der Waals surface area contributed by atoms with Gasteiger partial charge < -0.3 is 10.5 Å². The highest BCUT2D eigenvalue weighted by Gasteiger charge is 2.18. The van der Waals surface area contributed by atoms with E-state index in [0.717, 1.165) is 0 Å². The highest BCUT2D eigenvalue weighted by Crippen LogP contribution is 2.36. The summed E-state index contributed by atoms with van der Waals surface area (Å²) in [5.74, 6) is 0.124. The van der Waals surface area contributed by atoms with Crippen LogP contribution in [-0.4, -0.2) is 13.7 Å². The van der Waals surface area contributed by atoms with Crippen molar-refractivity contribution < 1.29 is 9.13 Å². The first-order chi connectivity index (χ1) is 7.11. The molecule has 0 heterocycles. The van der Waals surface area contributed by atoms with Crippen molar-refractivity contribution in [2.45, 2.75) is 19.3 Å². The van der Waals surface area contributed by atoms with Gasteiger partial charge in [0.15, 0.2) is 0 Å². The molecule has 0 saturated carbocycles. The fraction of sp³-hybridized carbons (Fsp3) is 0.455. The molecule has 4 heteroatoms. The minimum Gasteiger partial charge on any atom is -0.495 e. The molecule has 1 rings (SSSR count). The molecule has 1 atom stereocenters. The van der Waals surface area contributed by atoms with Crippen LogP contribution in [0.1, 0.15) is 24.8 Å². The van der Waals surface area contributed by atoms with Crippen molar-refractivity contribution in [1.82, 2.24) is 0 Å². The maximum atomic E-state index is 13.6. The van der Waals surface area contributed by atoms with Crippen LogP contribution in [0.15, 0.2) is 12.1 Å². The predicted molar refractivity (Wildman–Crippen MR) is 60.0 cm³/mol. The summed E-state index contributed by atoms with van der Waals surface area (Å²) < 4.78 is 18.7. The summed E-state index contributed by atoms with van der Waals surface area (Å²) in [7, 11) is 1.49. The zero-order valence-electron chi connectivity index (χ0n) is 8.89. The third-order valence-corrected chi connectivity index (χ3v) is 2.69. The SMILES string of the molecule is COc1c(Cl)ccc(F)c1C(C)CCN. The summed E-state index contributed by atoms with van der Waals surface area (Å²) >= 11 is 5.92.